The Morgan fingerprint density at radius 1 is 1.32 bits per heavy atom. The van der Waals surface area contributed by atoms with Crippen LogP contribution in [-0.2, 0) is 16.4 Å². The van der Waals surface area contributed by atoms with Gasteiger partial charge in [-0.2, -0.15) is 0 Å². The van der Waals surface area contributed by atoms with Crippen LogP contribution in [0, 0.1) is 6.92 Å². The predicted molar refractivity (Wildman–Crippen MR) is 79.1 cm³/mol. The van der Waals surface area contributed by atoms with Gasteiger partial charge in [-0.25, -0.2) is 8.42 Å². The van der Waals surface area contributed by atoms with Gasteiger partial charge < -0.3 is 5.11 Å². The molecule has 0 spiro atoms. The number of phenols is 1. The molecule has 19 heavy (non-hydrogen) atoms. The predicted octanol–water partition coefficient (Wildman–Crippen LogP) is 2.08. The molecule has 1 fully saturated rings. The molecule has 1 aromatic carbocycles. The molecule has 2 rings (SSSR count). The number of benzene rings is 1. The van der Waals surface area contributed by atoms with Gasteiger partial charge >= 0.3 is 0 Å². The zero-order valence-electron chi connectivity index (χ0n) is 10.9. The highest BCUT2D eigenvalue weighted by molar-refractivity contribution is 9.10. The number of rotatable bonds is 2. The van der Waals surface area contributed by atoms with Crippen LogP contribution in [0.15, 0.2) is 16.6 Å². The monoisotopic (exact) mass is 347 g/mol. The Hall–Kier alpha value is -0.590. The van der Waals surface area contributed by atoms with Crippen molar-refractivity contribution in [2.45, 2.75) is 19.9 Å². The largest absolute Gasteiger partial charge is 0.507 e. The fourth-order valence-corrected chi connectivity index (χ4v) is 4.24. The Labute approximate surface area is 122 Å². The molecule has 0 aromatic heterocycles. The minimum atomic E-state index is -2.88. The highest BCUT2D eigenvalue weighted by Gasteiger charge is 2.20. The lowest BCUT2D eigenvalue weighted by atomic mass is 10.1. The van der Waals surface area contributed by atoms with Crippen LogP contribution in [0.2, 0.25) is 0 Å². The molecule has 0 radical (unpaired) electrons. The Kier molecular flexibility index (Phi) is 4.53. The van der Waals surface area contributed by atoms with E-state index in [1.807, 2.05) is 19.1 Å². The van der Waals surface area contributed by atoms with E-state index in [9.17, 15) is 13.5 Å². The van der Waals surface area contributed by atoms with Crippen molar-refractivity contribution in [3.05, 3.63) is 27.7 Å². The number of hydrogen-bond acceptors (Lipinski definition) is 4. The maximum atomic E-state index is 11.6. The molecule has 0 amide bonds. The van der Waals surface area contributed by atoms with Crippen molar-refractivity contribution in [1.29, 1.82) is 0 Å². The number of nitrogens with zero attached hydrogens (tertiary/aromatic N) is 1. The average Bonchev–Trinajstić information content (AvgIpc) is 2.47. The van der Waals surface area contributed by atoms with E-state index in [1.54, 1.807) is 0 Å². The van der Waals surface area contributed by atoms with E-state index in [1.165, 1.54) is 0 Å². The maximum absolute atomic E-state index is 11.6. The molecule has 0 atom stereocenters. The zero-order chi connectivity index (χ0) is 14.0. The first-order chi connectivity index (χ1) is 8.87. The van der Waals surface area contributed by atoms with Crippen LogP contribution < -0.4 is 0 Å². The van der Waals surface area contributed by atoms with E-state index in [0.717, 1.165) is 22.1 Å². The second-order valence-corrected chi connectivity index (χ2v) is 8.23. The topological polar surface area (TPSA) is 57.6 Å². The minimum Gasteiger partial charge on any atom is -0.507 e. The van der Waals surface area contributed by atoms with Gasteiger partial charge in [0.1, 0.15) is 5.75 Å². The van der Waals surface area contributed by atoms with E-state index >= 15 is 0 Å². The molecule has 0 aliphatic carbocycles. The number of hydrogen-bond donors (Lipinski definition) is 1. The van der Waals surface area contributed by atoms with Crippen molar-refractivity contribution in [3.63, 3.8) is 0 Å². The number of sulfone groups is 1. The van der Waals surface area contributed by atoms with Gasteiger partial charge in [-0.15, -0.1) is 0 Å². The smallest absolute Gasteiger partial charge is 0.151 e. The van der Waals surface area contributed by atoms with Gasteiger partial charge in [0, 0.05) is 23.1 Å². The third-order valence-corrected chi connectivity index (χ3v) is 5.56. The molecular weight excluding hydrogens is 330 g/mol. The molecule has 1 N–H and O–H groups in total. The average molecular weight is 348 g/mol. The molecule has 0 bridgehead atoms. The summed E-state index contributed by atoms with van der Waals surface area (Å²) in [5.74, 6) is 0.781. The normalized spacial score (nSPS) is 20.1. The van der Waals surface area contributed by atoms with Crippen molar-refractivity contribution in [2.75, 3.05) is 24.6 Å². The molecule has 6 heteroatoms. The van der Waals surface area contributed by atoms with Crippen molar-refractivity contribution in [2.24, 2.45) is 0 Å². The quantitative estimate of drug-likeness (QED) is 0.889. The van der Waals surface area contributed by atoms with E-state index in [4.69, 9.17) is 0 Å². The van der Waals surface area contributed by atoms with E-state index < -0.39 is 9.84 Å². The van der Waals surface area contributed by atoms with Gasteiger partial charge in [-0.1, -0.05) is 15.9 Å². The molecule has 1 heterocycles. The lowest BCUT2D eigenvalue weighted by molar-refractivity contribution is 0.282. The van der Waals surface area contributed by atoms with Crippen molar-refractivity contribution in [1.82, 2.24) is 4.90 Å². The van der Waals surface area contributed by atoms with Gasteiger partial charge in [0.25, 0.3) is 0 Å². The summed E-state index contributed by atoms with van der Waals surface area (Å²) in [6.45, 7) is 3.73. The second-order valence-electron chi connectivity index (χ2n) is 5.01. The zero-order valence-corrected chi connectivity index (χ0v) is 13.3. The fraction of sp³-hybridized carbons (Fsp3) is 0.538. The first kappa shape index (κ1) is 14.8. The van der Waals surface area contributed by atoms with Crippen LogP contribution in [0.25, 0.3) is 0 Å². The molecule has 106 valence electrons. The van der Waals surface area contributed by atoms with Crippen molar-refractivity contribution in [3.8, 4) is 5.75 Å². The summed E-state index contributed by atoms with van der Waals surface area (Å²) in [4.78, 5) is 2.09. The van der Waals surface area contributed by atoms with Crippen LogP contribution >= 0.6 is 15.9 Å². The molecular formula is C13H18BrNO3S. The Morgan fingerprint density at radius 3 is 2.79 bits per heavy atom. The second kappa shape index (κ2) is 5.81. The molecule has 1 aliphatic rings. The first-order valence-electron chi connectivity index (χ1n) is 6.28. The summed E-state index contributed by atoms with van der Waals surface area (Å²) in [7, 11) is -2.88. The number of phenolic OH excluding ortho intramolecular Hbond substituents is 1. The highest BCUT2D eigenvalue weighted by Crippen LogP contribution is 2.28. The lowest BCUT2D eigenvalue weighted by Gasteiger charge is -2.20. The van der Waals surface area contributed by atoms with Gasteiger partial charge in [0.2, 0.25) is 0 Å². The number of halogens is 1. The molecule has 1 aromatic rings. The van der Waals surface area contributed by atoms with Crippen molar-refractivity contribution >= 4 is 25.8 Å². The van der Waals surface area contributed by atoms with Gasteiger partial charge in [-0.05, 0) is 37.6 Å². The highest BCUT2D eigenvalue weighted by atomic mass is 79.9. The Morgan fingerprint density at radius 2 is 2.05 bits per heavy atom. The van der Waals surface area contributed by atoms with Crippen LogP contribution in [-0.4, -0.2) is 43.0 Å². The summed E-state index contributed by atoms with van der Waals surface area (Å²) in [6.07, 6.45) is 0.663. The third kappa shape index (κ3) is 3.94. The summed E-state index contributed by atoms with van der Waals surface area (Å²) in [5, 5.41) is 10.1. The maximum Gasteiger partial charge on any atom is 0.151 e. The van der Waals surface area contributed by atoms with Crippen LogP contribution in [0.1, 0.15) is 17.5 Å². The summed E-state index contributed by atoms with van der Waals surface area (Å²) in [6, 6.07) is 3.76. The standard InChI is InChI=1S/C13H18BrNO3S/c1-10-7-12(14)8-11(13(10)16)9-15-3-2-5-19(17,18)6-4-15/h7-8,16H,2-6,9H2,1H3. The summed E-state index contributed by atoms with van der Waals surface area (Å²) >= 11 is 3.42. The molecule has 1 aliphatic heterocycles. The van der Waals surface area contributed by atoms with E-state index in [-0.39, 0.29) is 11.5 Å². The SMILES string of the molecule is Cc1cc(Br)cc(CN2CCCS(=O)(=O)CC2)c1O. The van der Waals surface area contributed by atoms with Crippen LogP contribution in [0.3, 0.4) is 0 Å². The fourth-order valence-electron chi connectivity index (χ4n) is 2.31. The van der Waals surface area contributed by atoms with Crippen molar-refractivity contribution < 1.29 is 13.5 Å². The third-order valence-electron chi connectivity index (χ3n) is 3.39. The van der Waals surface area contributed by atoms with E-state index in [0.29, 0.717) is 25.3 Å². The van der Waals surface area contributed by atoms with Crippen LogP contribution in [0.4, 0.5) is 0 Å². The summed E-state index contributed by atoms with van der Waals surface area (Å²) in [5.41, 5.74) is 1.66. The summed E-state index contributed by atoms with van der Waals surface area (Å²) < 4.78 is 24.1. The van der Waals surface area contributed by atoms with Gasteiger partial charge in [0.05, 0.1) is 11.5 Å². The molecule has 1 saturated heterocycles. The Bertz CT molecular complexity index is 571. The first-order valence-corrected chi connectivity index (χ1v) is 8.89. The van der Waals surface area contributed by atoms with Crippen LogP contribution in [0.5, 0.6) is 5.75 Å². The number of aryl methyl sites for hydroxylation is 1. The van der Waals surface area contributed by atoms with Gasteiger partial charge in [0.15, 0.2) is 9.84 Å². The van der Waals surface area contributed by atoms with Gasteiger partial charge in [-0.3, -0.25) is 4.90 Å². The molecule has 0 unspecified atom stereocenters. The molecule has 4 nitrogen and oxygen atoms in total. The number of aromatic hydroxyl groups is 1. The Balaban J connectivity index is 2.13. The minimum absolute atomic E-state index is 0.209. The van der Waals surface area contributed by atoms with E-state index in [2.05, 4.69) is 20.8 Å². The molecule has 0 saturated carbocycles. The lowest BCUT2D eigenvalue weighted by Crippen LogP contribution is -2.26.